The highest BCUT2D eigenvalue weighted by molar-refractivity contribution is 5.67. The molecular weight excluding hydrogens is 276 g/mol. The zero-order valence-corrected chi connectivity index (χ0v) is 11.1. The Morgan fingerprint density at radius 3 is 2.48 bits per heavy atom. The molecule has 2 aromatic carbocycles. The Morgan fingerprint density at radius 2 is 1.81 bits per heavy atom. The fourth-order valence-electron chi connectivity index (χ4n) is 2.73. The van der Waals surface area contributed by atoms with Crippen LogP contribution in [-0.4, -0.2) is 6.09 Å². The van der Waals surface area contributed by atoms with Gasteiger partial charge in [0.2, 0.25) is 0 Å². The van der Waals surface area contributed by atoms with Crippen molar-refractivity contribution in [1.82, 2.24) is 0 Å². The standard InChI is InChI=1S/C16H13F2NO2/c17-12-5-11(6-13(18)8-12)10-2-1-9-3-4-15(14(9)7-10)21-16(19)20/h1-2,5-8,15H,3-4H2,(H2,19,20). The molecule has 1 unspecified atom stereocenters. The van der Waals surface area contributed by atoms with Gasteiger partial charge in [0.05, 0.1) is 0 Å². The molecule has 1 atom stereocenters. The Labute approximate surface area is 120 Å². The number of rotatable bonds is 2. The molecule has 1 amide bonds. The predicted molar refractivity (Wildman–Crippen MR) is 73.5 cm³/mol. The maximum atomic E-state index is 13.3. The van der Waals surface area contributed by atoms with Gasteiger partial charge in [-0.2, -0.15) is 0 Å². The summed E-state index contributed by atoms with van der Waals surface area (Å²) in [7, 11) is 0. The molecule has 108 valence electrons. The summed E-state index contributed by atoms with van der Waals surface area (Å²) in [4.78, 5) is 10.9. The molecule has 0 heterocycles. The molecule has 0 saturated heterocycles. The maximum absolute atomic E-state index is 13.3. The highest BCUT2D eigenvalue weighted by Gasteiger charge is 2.25. The molecule has 0 aliphatic heterocycles. The molecule has 0 aromatic heterocycles. The second-order valence-corrected chi connectivity index (χ2v) is 5.04. The molecule has 2 N–H and O–H groups in total. The van der Waals surface area contributed by atoms with Crippen molar-refractivity contribution in [3.05, 3.63) is 59.2 Å². The highest BCUT2D eigenvalue weighted by atomic mass is 19.1. The maximum Gasteiger partial charge on any atom is 0.405 e. The van der Waals surface area contributed by atoms with E-state index in [1.165, 1.54) is 12.1 Å². The molecular formula is C16H13F2NO2. The lowest BCUT2D eigenvalue weighted by atomic mass is 10.00. The van der Waals surface area contributed by atoms with E-state index in [9.17, 15) is 13.6 Å². The molecule has 0 saturated carbocycles. The van der Waals surface area contributed by atoms with Crippen molar-refractivity contribution < 1.29 is 18.3 Å². The third kappa shape index (κ3) is 2.72. The molecule has 5 heteroatoms. The van der Waals surface area contributed by atoms with Gasteiger partial charge in [0.15, 0.2) is 0 Å². The number of carbonyl (C=O) groups is 1. The third-order valence-electron chi connectivity index (χ3n) is 3.62. The van der Waals surface area contributed by atoms with E-state index in [1.54, 1.807) is 12.1 Å². The van der Waals surface area contributed by atoms with Gasteiger partial charge in [-0.25, -0.2) is 13.6 Å². The Bertz CT molecular complexity index is 695. The number of carbonyl (C=O) groups excluding carboxylic acids is 1. The molecule has 2 aromatic rings. The van der Waals surface area contributed by atoms with Gasteiger partial charge in [-0.15, -0.1) is 0 Å². The van der Waals surface area contributed by atoms with Crippen LogP contribution in [0, 0.1) is 11.6 Å². The van der Waals surface area contributed by atoms with E-state index in [-0.39, 0.29) is 0 Å². The van der Waals surface area contributed by atoms with Crippen molar-refractivity contribution >= 4 is 6.09 Å². The lowest BCUT2D eigenvalue weighted by Gasteiger charge is -2.12. The lowest BCUT2D eigenvalue weighted by Crippen LogP contribution is -2.15. The van der Waals surface area contributed by atoms with Crippen LogP contribution in [0.1, 0.15) is 23.7 Å². The van der Waals surface area contributed by atoms with Gasteiger partial charge >= 0.3 is 6.09 Å². The van der Waals surface area contributed by atoms with E-state index < -0.39 is 23.8 Å². The molecule has 3 nitrogen and oxygen atoms in total. The summed E-state index contributed by atoms with van der Waals surface area (Å²) < 4.78 is 31.7. The van der Waals surface area contributed by atoms with Crippen LogP contribution in [-0.2, 0) is 11.2 Å². The van der Waals surface area contributed by atoms with Crippen molar-refractivity contribution in [2.45, 2.75) is 18.9 Å². The van der Waals surface area contributed by atoms with Gasteiger partial charge in [0.1, 0.15) is 17.7 Å². The van der Waals surface area contributed by atoms with E-state index in [0.717, 1.165) is 23.6 Å². The van der Waals surface area contributed by atoms with E-state index in [2.05, 4.69) is 0 Å². The van der Waals surface area contributed by atoms with Crippen LogP contribution in [0.4, 0.5) is 13.6 Å². The third-order valence-corrected chi connectivity index (χ3v) is 3.62. The number of ether oxygens (including phenoxy) is 1. The summed E-state index contributed by atoms with van der Waals surface area (Å²) in [6, 6.07) is 8.85. The monoisotopic (exact) mass is 289 g/mol. The summed E-state index contributed by atoms with van der Waals surface area (Å²) in [6.07, 6.45) is 0.232. The minimum Gasteiger partial charge on any atom is -0.441 e. The Kier molecular flexibility index (Phi) is 3.33. The van der Waals surface area contributed by atoms with Gasteiger partial charge in [0.25, 0.3) is 0 Å². The van der Waals surface area contributed by atoms with Gasteiger partial charge in [-0.05, 0) is 53.3 Å². The quantitative estimate of drug-likeness (QED) is 0.916. The Morgan fingerprint density at radius 1 is 1.10 bits per heavy atom. The van der Waals surface area contributed by atoms with Crippen LogP contribution in [0.5, 0.6) is 0 Å². The lowest BCUT2D eigenvalue weighted by molar-refractivity contribution is 0.107. The smallest absolute Gasteiger partial charge is 0.405 e. The second-order valence-electron chi connectivity index (χ2n) is 5.04. The van der Waals surface area contributed by atoms with E-state index in [0.29, 0.717) is 17.5 Å². The number of halogens is 2. The molecule has 1 aliphatic carbocycles. The van der Waals surface area contributed by atoms with Crippen molar-refractivity contribution in [2.24, 2.45) is 5.73 Å². The first-order valence-electron chi connectivity index (χ1n) is 6.58. The van der Waals surface area contributed by atoms with Crippen molar-refractivity contribution in [3.8, 4) is 11.1 Å². The van der Waals surface area contributed by atoms with Crippen LogP contribution in [0.25, 0.3) is 11.1 Å². The summed E-state index contributed by atoms with van der Waals surface area (Å²) in [5.74, 6) is -1.26. The number of primary amides is 1. The average molecular weight is 289 g/mol. The zero-order valence-electron chi connectivity index (χ0n) is 11.1. The molecule has 1 aliphatic rings. The average Bonchev–Trinajstić information content (AvgIpc) is 2.79. The molecule has 0 fully saturated rings. The van der Waals surface area contributed by atoms with Crippen molar-refractivity contribution in [3.63, 3.8) is 0 Å². The van der Waals surface area contributed by atoms with Gasteiger partial charge < -0.3 is 10.5 Å². The minimum absolute atomic E-state index is 0.393. The number of benzene rings is 2. The first-order chi connectivity index (χ1) is 10.0. The molecule has 0 radical (unpaired) electrons. The molecule has 21 heavy (non-hydrogen) atoms. The van der Waals surface area contributed by atoms with Crippen LogP contribution < -0.4 is 5.73 Å². The van der Waals surface area contributed by atoms with Crippen LogP contribution in [0.2, 0.25) is 0 Å². The van der Waals surface area contributed by atoms with Gasteiger partial charge in [-0.1, -0.05) is 12.1 Å². The zero-order chi connectivity index (χ0) is 15.0. The van der Waals surface area contributed by atoms with E-state index in [4.69, 9.17) is 10.5 Å². The Hall–Kier alpha value is -2.43. The first-order valence-corrected chi connectivity index (χ1v) is 6.58. The van der Waals surface area contributed by atoms with Crippen molar-refractivity contribution in [1.29, 1.82) is 0 Å². The summed E-state index contributed by atoms with van der Waals surface area (Å²) in [5, 5.41) is 0. The predicted octanol–water partition coefficient (Wildman–Crippen LogP) is 3.71. The Balaban J connectivity index is 2.00. The van der Waals surface area contributed by atoms with Gasteiger partial charge in [0, 0.05) is 6.07 Å². The van der Waals surface area contributed by atoms with Crippen LogP contribution >= 0.6 is 0 Å². The number of amides is 1. The normalized spacial score (nSPS) is 16.6. The summed E-state index contributed by atoms with van der Waals surface area (Å²) in [6.45, 7) is 0. The van der Waals surface area contributed by atoms with Crippen LogP contribution in [0.3, 0.4) is 0 Å². The SMILES string of the molecule is NC(=O)OC1CCc2ccc(-c3cc(F)cc(F)c3)cc21. The highest BCUT2D eigenvalue weighted by Crippen LogP contribution is 2.36. The number of hydrogen-bond donors (Lipinski definition) is 1. The number of fused-ring (bicyclic) bond motifs is 1. The van der Waals surface area contributed by atoms with E-state index >= 15 is 0 Å². The number of nitrogens with two attached hydrogens (primary N) is 1. The van der Waals surface area contributed by atoms with Crippen molar-refractivity contribution in [2.75, 3.05) is 0 Å². The fourth-order valence-corrected chi connectivity index (χ4v) is 2.73. The first kappa shape index (κ1) is 13.5. The number of aryl methyl sites for hydroxylation is 1. The van der Waals surface area contributed by atoms with Crippen LogP contribution in [0.15, 0.2) is 36.4 Å². The molecule has 0 spiro atoms. The van der Waals surface area contributed by atoms with E-state index in [1.807, 2.05) is 6.07 Å². The molecule has 0 bridgehead atoms. The topological polar surface area (TPSA) is 52.3 Å². The minimum atomic E-state index is -0.824. The number of hydrogen-bond acceptors (Lipinski definition) is 2. The molecule has 3 rings (SSSR count). The second kappa shape index (κ2) is 5.16. The fraction of sp³-hybridized carbons (Fsp3) is 0.188. The summed E-state index contributed by atoms with van der Waals surface area (Å²) in [5.41, 5.74) is 8.08. The largest absolute Gasteiger partial charge is 0.441 e. The summed E-state index contributed by atoms with van der Waals surface area (Å²) >= 11 is 0. The van der Waals surface area contributed by atoms with Gasteiger partial charge in [-0.3, -0.25) is 0 Å².